The highest BCUT2D eigenvalue weighted by Crippen LogP contribution is 2.42. The van der Waals surface area contributed by atoms with Gasteiger partial charge in [0, 0.05) is 21.0 Å². The summed E-state index contributed by atoms with van der Waals surface area (Å²) in [6, 6.07) is 13.7. The van der Waals surface area contributed by atoms with E-state index in [0.29, 0.717) is 6.04 Å². The van der Waals surface area contributed by atoms with Crippen molar-refractivity contribution in [2.45, 2.75) is 30.7 Å². The number of aryl methyl sites for hydroxylation is 1. The van der Waals surface area contributed by atoms with Gasteiger partial charge in [0.05, 0.1) is 11.0 Å². The lowest BCUT2D eigenvalue weighted by Crippen LogP contribution is -1.97. The molecule has 1 fully saturated rings. The molecule has 0 saturated heterocycles. The molecule has 0 aliphatic heterocycles. The smallest absolute Gasteiger partial charge is 0.141 e. The van der Waals surface area contributed by atoms with E-state index in [9.17, 15) is 0 Å². The SMILES string of the molecule is CSc1ccc(-c2nc3c(C)cc(Br)cc3n2C2CC2)cc1. The summed E-state index contributed by atoms with van der Waals surface area (Å²) in [5, 5.41) is 0. The third kappa shape index (κ3) is 2.38. The lowest BCUT2D eigenvalue weighted by atomic mass is 10.2. The van der Waals surface area contributed by atoms with E-state index in [1.165, 1.54) is 34.4 Å². The topological polar surface area (TPSA) is 17.8 Å². The first-order chi connectivity index (χ1) is 10.7. The molecular formula is C18H17BrN2S. The van der Waals surface area contributed by atoms with Crippen LogP contribution in [0.2, 0.25) is 0 Å². The van der Waals surface area contributed by atoms with E-state index in [-0.39, 0.29) is 0 Å². The molecule has 4 heteroatoms. The Balaban J connectivity index is 1.96. The summed E-state index contributed by atoms with van der Waals surface area (Å²) in [5.41, 5.74) is 4.81. The molecule has 0 spiro atoms. The Kier molecular flexibility index (Phi) is 3.54. The van der Waals surface area contributed by atoms with Crippen LogP contribution in [0.1, 0.15) is 24.4 Å². The van der Waals surface area contributed by atoms with Crippen LogP contribution in [0, 0.1) is 6.92 Å². The number of benzene rings is 2. The fourth-order valence-electron chi connectivity index (χ4n) is 2.97. The molecule has 0 bridgehead atoms. The number of hydrogen-bond acceptors (Lipinski definition) is 2. The average molecular weight is 373 g/mol. The number of halogens is 1. The Labute approximate surface area is 143 Å². The lowest BCUT2D eigenvalue weighted by molar-refractivity contribution is 0.775. The molecule has 0 unspecified atom stereocenters. The van der Waals surface area contributed by atoms with E-state index >= 15 is 0 Å². The monoisotopic (exact) mass is 372 g/mol. The molecule has 0 N–H and O–H groups in total. The summed E-state index contributed by atoms with van der Waals surface area (Å²) >= 11 is 5.40. The second-order valence-corrected chi connectivity index (χ2v) is 7.65. The maximum Gasteiger partial charge on any atom is 0.141 e. The summed E-state index contributed by atoms with van der Waals surface area (Å²) in [6.45, 7) is 2.14. The van der Waals surface area contributed by atoms with Gasteiger partial charge in [-0.15, -0.1) is 11.8 Å². The summed E-state index contributed by atoms with van der Waals surface area (Å²) in [4.78, 5) is 6.26. The third-order valence-electron chi connectivity index (χ3n) is 4.21. The first-order valence-electron chi connectivity index (χ1n) is 7.50. The molecule has 1 heterocycles. The number of thioether (sulfide) groups is 1. The van der Waals surface area contributed by atoms with Gasteiger partial charge in [-0.2, -0.15) is 0 Å². The van der Waals surface area contributed by atoms with Gasteiger partial charge in [0.25, 0.3) is 0 Å². The van der Waals surface area contributed by atoms with Crippen molar-refractivity contribution in [3.63, 3.8) is 0 Å². The van der Waals surface area contributed by atoms with Crippen molar-refractivity contribution < 1.29 is 0 Å². The number of hydrogen-bond donors (Lipinski definition) is 0. The molecule has 1 saturated carbocycles. The lowest BCUT2D eigenvalue weighted by Gasteiger charge is -2.08. The van der Waals surface area contributed by atoms with Crippen LogP contribution < -0.4 is 0 Å². The molecule has 1 aliphatic rings. The first kappa shape index (κ1) is 14.3. The van der Waals surface area contributed by atoms with Crippen molar-refractivity contribution in [1.82, 2.24) is 9.55 Å². The maximum absolute atomic E-state index is 4.98. The Bertz CT molecular complexity index is 848. The fourth-order valence-corrected chi connectivity index (χ4v) is 3.94. The average Bonchev–Trinajstić information content (AvgIpc) is 3.28. The van der Waals surface area contributed by atoms with Crippen molar-refractivity contribution in [1.29, 1.82) is 0 Å². The van der Waals surface area contributed by atoms with Crippen molar-refractivity contribution in [2.75, 3.05) is 6.26 Å². The standard InChI is InChI=1S/C18H17BrN2S/c1-11-9-13(19)10-16-17(11)20-18(21(16)14-5-6-14)12-3-7-15(22-2)8-4-12/h3-4,7-10,14H,5-6H2,1-2H3. The van der Waals surface area contributed by atoms with Gasteiger partial charge in [-0.05, 0) is 55.9 Å². The molecular weight excluding hydrogens is 356 g/mol. The molecule has 2 nitrogen and oxygen atoms in total. The van der Waals surface area contributed by atoms with Crippen molar-refractivity contribution in [2.24, 2.45) is 0 Å². The molecule has 0 amide bonds. The minimum absolute atomic E-state index is 0.605. The van der Waals surface area contributed by atoms with Gasteiger partial charge in [0.15, 0.2) is 0 Å². The zero-order chi connectivity index (χ0) is 15.3. The Morgan fingerprint density at radius 3 is 2.55 bits per heavy atom. The van der Waals surface area contributed by atoms with E-state index in [1.54, 1.807) is 11.8 Å². The third-order valence-corrected chi connectivity index (χ3v) is 5.41. The highest BCUT2D eigenvalue weighted by Gasteiger charge is 2.29. The molecule has 1 aliphatic carbocycles. The predicted molar refractivity (Wildman–Crippen MR) is 97.7 cm³/mol. The maximum atomic E-state index is 4.98. The number of nitrogens with zero attached hydrogens (tertiary/aromatic N) is 2. The minimum Gasteiger partial charge on any atom is -0.321 e. The zero-order valence-electron chi connectivity index (χ0n) is 12.6. The molecule has 3 aromatic rings. The van der Waals surface area contributed by atoms with Crippen molar-refractivity contribution in [3.8, 4) is 11.4 Å². The summed E-state index contributed by atoms with van der Waals surface area (Å²) in [5.74, 6) is 1.10. The highest BCUT2D eigenvalue weighted by atomic mass is 79.9. The van der Waals surface area contributed by atoms with E-state index in [2.05, 4.69) is 70.1 Å². The quantitative estimate of drug-likeness (QED) is 0.538. The Hall–Kier alpha value is -1.26. The molecule has 0 radical (unpaired) electrons. The van der Waals surface area contributed by atoms with Crippen LogP contribution in [-0.2, 0) is 0 Å². The zero-order valence-corrected chi connectivity index (χ0v) is 15.0. The van der Waals surface area contributed by atoms with Crippen LogP contribution in [-0.4, -0.2) is 15.8 Å². The summed E-state index contributed by atoms with van der Waals surface area (Å²) < 4.78 is 3.56. The van der Waals surface area contributed by atoms with E-state index in [4.69, 9.17) is 4.98 Å². The predicted octanol–water partition coefficient (Wildman–Crippen LogP) is 5.83. The number of aromatic nitrogens is 2. The second kappa shape index (κ2) is 5.43. The molecule has 2 aromatic carbocycles. The summed E-state index contributed by atoms with van der Waals surface area (Å²) in [6.07, 6.45) is 4.62. The molecule has 112 valence electrons. The van der Waals surface area contributed by atoms with E-state index in [1.807, 2.05) is 0 Å². The Morgan fingerprint density at radius 2 is 1.91 bits per heavy atom. The van der Waals surface area contributed by atoms with Gasteiger partial charge in [0.1, 0.15) is 5.82 Å². The minimum atomic E-state index is 0.605. The van der Waals surface area contributed by atoms with Crippen LogP contribution >= 0.6 is 27.7 Å². The van der Waals surface area contributed by atoms with Gasteiger partial charge >= 0.3 is 0 Å². The van der Waals surface area contributed by atoms with Gasteiger partial charge in [0.2, 0.25) is 0 Å². The van der Waals surface area contributed by atoms with Gasteiger partial charge in [-0.25, -0.2) is 4.98 Å². The van der Waals surface area contributed by atoms with Crippen LogP contribution in [0.4, 0.5) is 0 Å². The number of rotatable bonds is 3. The van der Waals surface area contributed by atoms with Crippen LogP contribution in [0.25, 0.3) is 22.4 Å². The van der Waals surface area contributed by atoms with E-state index < -0.39 is 0 Å². The fraction of sp³-hybridized carbons (Fsp3) is 0.278. The Morgan fingerprint density at radius 1 is 1.18 bits per heavy atom. The number of fused-ring (bicyclic) bond motifs is 1. The second-order valence-electron chi connectivity index (χ2n) is 5.86. The van der Waals surface area contributed by atoms with Gasteiger partial charge in [-0.3, -0.25) is 0 Å². The van der Waals surface area contributed by atoms with E-state index in [0.717, 1.165) is 15.8 Å². The van der Waals surface area contributed by atoms with Crippen molar-refractivity contribution >= 4 is 38.7 Å². The first-order valence-corrected chi connectivity index (χ1v) is 9.51. The van der Waals surface area contributed by atoms with Crippen molar-refractivity contribution in [3.05, 3.63) is 46.4 Å². The largest absolute Gasteiger partial charge is 0.321 e. The van der Waals surface area contributed by atoms with Crippen LogP contribution in [0.3, 0.4) is 0 Å². The molecule has 4 rings (SSSR count). The molecule has 1 aromatic heterocycles. The molecule has 0 atom stereocenters. The molecule has 22 heavy (non-hydrogen) atoms. The number of imidazole rings is 1. The van der Waals surface area contributed by atoms with Gasteiger partial charge < -0.3 is 4.57 Å². The normalized spacial score (nSPS) is 14.7. The van der Waals surface area contributed by atoms with Crippen LogP contribution in [0.15, 0.2) is 45.8 Å². The summed E-state index contributed by atoms with van der Waals surface area (Å²) in [7, 11) is 0. The van der Waals surface area contributed by atoms with Crippen LogP contribution in [0.5, 0.6) is 0 Å². The highest BCUT2D eigenvalue weighted by molar-refractivity contribution is 9.10. The van der Waals surface area contributed by atoms with Gasteiger partial charge in [-0.1, -0.05) is 28.1 Å².